The van der Waals surface area contributed by atoms with E-state index in [1.165, 1.54) is 0 Å². The van der Waals surface area contributed by atoms with Crippen LogP contribution in [0, 0.1) is 0 Å². The number of pyridine rings is 1. The second-order valence-electron chi connectivity index (χ2n) is 6.55. The Hall–Kier alpha value is -3.91. The first-order valence-electron chi connectivity index (χ1n) is 9.49. The van der Waals surface area contributed by atoms with Gasteiger partial charge in [-0.3, -0.25) is 4.98 Å². The van der Waals surface area contributed by atoms with E-state index in [4.69, 9.17) is 0 Å². The highest BCUT2D eigenvalue weighted by atomic mass is 16.3. The second-order valence-corrected chi connectivity index (χ2v) is 6.55. The molecule has 8 heteroatoms. The van der Waals surface area contributed by atoms with Crippen molar-refractivity contribution in [3.05, 3.63) is 84.9 Å². The molecule has 0 amide bonds. The highest BCUT2D eigenvalue weighted by Crippen LogP contribution is 2.23. The zero-order valence-electron chi connectivity index (χ0n) is 16.4. The summed E-state index contributed by atoms with van der Waals surface area (Å²) in [5, 5.41) is 13.3. The topological polar surface area (TPSA) is 100.0 Å². The van der Waals surface area contributed by atoms with Crippen molar-refractivity contribution in [3.8, 4) is 11.4 Å². The molecular weight excluding hydrogens is 378 g/mol. The minimum atomic E-state index is -0.758. The monoisotopic (exact) mass is 399 g/mol. The fourth-order valence-electron chi connectivity index (χ4n) is 2.87. The molecule has 1 aromatic carbocycles. The lowest BCUT2D eigenvalue weighted by molar-refractivity contribution is 0.186. The molecular formula is C22H21N7O. The SMILES string of the molecule is CN(c1ccnc(NCC(O)c2ccccn2)n1)c1ccnc(-c2ccccc2)n1. The number of rotatable bonds is 7. The third-order valence-corrected chi connectivity index (χ3v) is 4.48. The Kier molecular flexibility index (Phi) is 5.86. The summed E-state index contributed by atoms with van der Waals surface area (Å²) in [6.07, 6.45) is 4.28. The smallest absolute Gasteiger partial charge is 0.224 e. The molecule has 0 aliphatic heterocycles. The first kappa shape index (κ1) is 19.4. The summed E-state index contributed by atoms with van der Waals surface area (Å²) in [6.45, 7) is 0.246. The molecule has 0 saturated carbocycles. The zero-order chi connectivity index (χ0) is 20.8. The molecule has 4 aromatic rings. The van der Waals surface area contributed by atoms with Crippen LogP contribution in [0.4, 0.5) is 17.6 Å². The minimum absolute atomic E-state index is 0.246. The van der Waals surface area contributed by atoms with E-state index in [0.29, 0.717) is 29.1 Å². The van der Waals surface area contributed by atoms with E-state index in [-0.39, 0.29) is 6.54 Å². The van der Waals surface area contributed by atoms with Crippen molar-refractivity contribution < 1.29 is 5.11 Å². The van der Waals surface area contributed by atoms with E-state index in [0.717, 1.165) is 5.56 Å². The van der Waals surface area contributed by atoms with Gasteiger partial charge in [-0.15, -0.1) is 0 Å². The molecule has 0 radical (unpaired) electrons. The number of aliphatic hydroxyl groups is 1. The van der Waals surface area contributed by atoms with E-state index < -0.39 is 6.10 Å². The van der Waals surface area contributed by atoms with Crippen LogP contribution in [0.2, 0.25) is 0 Å². The summed E-state index contributed by atoms with van der Waals surface area (Å²) < 4.78 is 0. The number of anilines is 3. The summed E-state index contributed by atoms with van der Waals surface area (Å²) in [5.74, 6) is 2.43. The summed E-state index contributed by atoms with van der Waals surface area (Å²) in [6, 6.07) is 18.9. The van der Waals surface area contributed by atoms with Gasteiger partial charge in [0, 0.05) is 37.7 Å². The predicted octanol–water partition coefficient (Wildman–Crippen LogP) is 3.24. The standard InChI is InChI=1S/C22H21N7O/c1-29(19-10-13-24-21(27-19)16-7-3-2-4-8-16)20-11-14-25-22(28-20)26-15-18(30)17-9-5-6-12-23-17/h2-14,18,30H,15H2,1H3,(H,25,26,28). The van der Waals surface area contributed by atoms with Crippen LogP contribution >= 0.6 is 0 Å². The zero-order valence-corrected chi connectivity index (χ0v) is 16.4. The number of nitrogens with one attached hydrogen (secondary N) is 1. The molecule has 150 valence electrons. The fourth-order valence-corrected chi connectivity index (χ4v) is 2.87. The van der Waals surface area contributed by atoms with Crippen molar-refractivity contribution in [2.45, 2.75) is 6.10 Å². The Morgan fingerprint density at radius 3 is 2.33 bits per heavy atom. The first-order chi connectivity index (χ1) is 14.7. The van der Waals surface area contributed by atoms with Gasteiger partial charge in [-0.2, -0.15) is 4.98 Å². The Bertz CT molecular complexity index is 1090. The number of nitrogens with zero attached hydrogens (tertiary/aromatic N) is 6. The highest BCUT2D eigenvalue weighted by molar-refractivity contribution is 5.61. The van der Waals surface area contributed by atoms with Gasteiger partial charge in [0.05, 0.1) is 5.69 Å². The van der Waals surface area contributed by atoms with Crippen molar-refractivity contribution in [1.29, 1.82) is 0 Å². The van der Waals surface area contributed by atoms with Crippen LogP contribution in [0.1, 0.15) is 11.8 Å². The van der Waals surface area contributed by atoms with Crippen molar-refractivity contribution in [2.75, 3.05) is 23.8 Å². The van der Waals surface area contributed by atoms with E-state index in [2.05, 4.69) is 30.2 Å². The quantitative estimate of drug-likeness (QED) is 0.489. The summed E-state index contributed by atoms with van der Waals surface area (Å²) in [5.41, 5.74) is 1.54. The van der Waals surface area contributed by atoms with Gasteiger partial charge < -0.3 is 15.3 Å². The van der Waals surface area contributed by atoms with Crippen LogP contribution in [-0.2, 0) is 0 Å². The van der Waals surface area contributed by atoms with Crippen LogP contribution in [0.25, 0.3) is 11.4 Å². The lowest BCUT2D eigenvalue weighted by atomic mass is 10.2. The van der Waals surface area contributed by atoms with Gasteiger partial charge in [-0.25, -0.2) is 15.0 Å². The molecule has 0 aliphatic carbocycles. The molecule has 0 saturated heterocycles. The van der Waals surface area contributed by atoms with Gasteiger partial charge in [0.2, 0.25) is 5.95 Å². The summed E-state index contributed by atoms with van der Waals surface area (Å²) in [7, 11) is 1.88. The molecule has 8 nitrogen and oxygen atoms in total. The molecule has 0 aliphatic rings. The second kappa shape index (κ2) is 9.06. The van der Waals surface area contributed by atoms with Gasteiger partial charge in [-0.05, 0) is 24.3 Å². The lowest BCUT2D eigenvalue weighted by Gasteiger charge is -2.18. The van der Waals surface area contributed by atoms with E-state index >= 15 is 0 Å². The predicted molar refractivity (Wildman–Crippen MR) is 115 cm³/mol. The molecule has 3 heterocycles. The number of hydrogen-bond acceptors (Lipinski definition) is 8. The number of hydrogen-bond donors (Lipinski definition) is 2. The summed E-state index contributed by atoms with van der Waals surface area (Å²) in [4.78, 5) is 23.8. The average molecular weight is 399 g/mol. The maximum Gasteiger partial charge on any atom is 0.224 e. The van der Waals surface area contributed by atoms with E-state index in [1.54, 1.807) is 30.7 Å². The molecule has 0 fully saturated rings. The van der Waals surface area contributed by atoms with Gasteiger partial charge in [-0.1, -0.05) is 36.4 Å². The van der Waals surface area contributed by atoms with Crippen molar-refractivity contribution in [3.63, 3.8) is 0 Å². The number of benzene rings is 1. The average Bonchev–Trinajstić information content (AvgIpc) is 2.83. The van der Waals surface area contributed by atoms with Crippen LogP contribution < -0.4 is 10.2 Å². The largest absolute Gasteiger partial charge is 0.385 e. The molecule has 3 aromatic heterocycles. The molecule has 0 spiro atoms. The van der Waals surface area contributed by atoms with Crippen LogP contribution in [0.15, 0.2) is 79.3 Å². The Morgan fingerprint density at radius 1 is 0.833 bits per heavy atom. The molecule has 2 N–H and O–H groups in total. The Morgan fingerprint density at radius 2 is 1.57 bits per heavy atom. The first-order valence-corrected chi connectivity index (χ1v) is 9.49. The van der Waals surface area contributed by atoms with Crippen LogP contribution in [-0.4, -0.2) is 43.6 Å². The lowest BCUT2D eigenvalue weighted by Crippen LogP contribution is -2.17. The van der Waals surface area contributed by atoms with E-state index in [1.807, 2.05) is 60.5 Å². The Labute approximate surface area is 174 Å². The minimum Gasteiger partial charge on any atom is -0.385 e. The van der Waals surface area contributed by atoms with Gasteiger partial charge in [0.1, 0.15) is 17.7 Å². The Balaban J connectivity index is 1.48. The van der Waals surface area contributed by atoms with Crippen molar-refractivity contribution >= 4 is 17.6 Å². The molecule has 4 rings (SSSR count). The van der Waals surface area contributed by atoms with E-state index in [9.17, 15) is 5.11 Å². The molecule has 0 bridgehead atoms. The molecule has 1 unspecified atom stereocenters. The van der Waals surface area contributed by atoms with Gasteiger partial charge >= 0.3 is 0 Å². The van der Waals surface area contributed by atoms with Gasteiger partial charge in [0.15, 0.2) is 5.82 Å². The van der Waals surface area contributed by atoms with Crippen LogP contribution in [0.3, 0.4) is 0 Å². The summed E-state index contributed by atoms with van der Waals surface area (Å²) >= 11 is 0. The van der Waals surface area contributed by atoms with Crippen molar-refractivity contribution in [2.24, 2.45) is 0 Å². The van der Waals surface area contributed by atoms with Crippen molar-refractivity contribution in [1.82, 2.24) is 24.9 Å². The number of aliphatic hydroxyl groups excluding tert-OH is 1. The molecule has 30 heavy (non-hydrogen) atoms. The maximum atomic E-state index is 10.3. The van der Waals surface area contributed by atoms with Crippen LogP contribution in [0.5, 0.6) is 0 Å². The highest BCUT2D eigenvalue weighted by Gasteiger charge is 2.12. The van der Waals surface area contributed by atoms with Gasteiger partial charge in [0.25, 0.3) is 0 Å². The third-order valence-electron chi connectivity index (χ3n) is 4.48. The number of aromatic nitrogens is 5. The normalized spacial score (nSPS) is 11.7. The third kappa shape index (κ3) is 4.56. The fraction of sp³-hybridized carbons (Fsp3) is 0.136. The molecule has 1 atom stereocenters. The maximum absolute atomic E-state index is 10.3.